The molecule has 1 unspecified atom stereocenters. The van der Waals surface area contributed by atoms with Crippen LogP contribution in [-0.2, 0) is 24.2 Å². The number of aromatic nitrogens is 3. The smallest absolute Gasteiger partial charge is 0.322 e. The van der Waals surface area contributed by atoms with Gasteiger partial charge in [-0.2, -0.15) is 0 Å². The summed E-state index contributed by atoms with van der Waals surface area (Å²) in [6, 6.07) is 13.8. The minimum Gasteiger partial charge on any atom is -0.352 e. The molecule has 2 aliphatic rings. The van der Waals surface area contributed by atoms with Crippen molar-refractivity contribution in [3.63, 3.8) is 0 Å². The Hall–Kier alpha value is -3.44. The van der Waals surface area contributed by atoms with Crippen molar-refractivity contribution in [2.75, 3.05) is 31.5 Å². The zero-order valence-electron chi connectivity index (χ0n) is 24.1. The fraction of sp³-hybridized carbons (Fsp3) is 0.312. The van der Waals surface area contributed by atoms with Crippen molar-refractivity contribution in [1.82, 2.24) is 29.7 Å². The first-order valence-corrected chi connectivity index (χ1v) is 16.1. The van der Waals surface area contributed by atoms with Crippen molar-refractivity contribution in [3.05, 3.63) is 110 Å². The molecule has 1 aliphatic carbocycles. The molecule has 0 radical (unpaired) electrons. The highest BCUT2D eigenvalue weighted by Crippen LogP contribution is 2.38. The number of anilines is 1. The van der Waals surface area contributed by atoms with E-state index in [-0.39, 0.29) is 18.0 Å². The number of halogens is 3. The molecule has 2 atom stereocenters. The summed E-state index contributed by atoms with van der Waals surface area (Å²) in [4.78, 5) is 40.4. The lowest BCUT2D eigenvalue weighted by atomic mass is 9.95. The Morgan fingerprint density at radius 2 is 1.77 bits per heavy atom. The first-order valence-electron chi connectivity index (χ1n) is 14.5. The summed E-state index contributed by atoms with van der Waals surface area (Å²) in [6.07, 6.45) is 7.01. The van der Waals surface area contributed by atoms with Crippen LogP contribution >= 0.6 is 39.1 Å². The predicted molar refractivity (Wildman–Crippen MR) is 175 cm³/mol. The number of benzene rings is 2. The first-order chi connectivity index (χ1) is 21.3. The van der Waals surface area contributed by atoms with Gasteiger partial charge in [0.2, 0.25) is 5.91 Å². The normalized spacial score (nSPS) is 18.2. The van der Waals surface area contributed by atoms with Crippen LogP contribution in [0.4, 0.5) is 10.5 Å². The molecule has 4 aromatic rings. The Labute approximate surface area is 274 Å². The summed E-state index contributed by atoms with van der Waals surface area (Å²) in [6.45, 7) is 4.18. The van der Waals surface area contributed by atoms with Gasteiger partial charge in [0.1, 0.15) is 6.04 Å². The number of nitrogens with one attached hydrogen (secondary N) is 2. The van der Waals surface area contributed by atoms with Crippen LogP contribution in [0.3, 0.4) is 0 Å². The van der Waals surface area contributed by atoms with Crippen LogP contribution in [0.25, 0.3) is 0 Å². The molecule has 0 bridgehead atoms. The molecular weight excluding hydrogens is 665 g/mol. The van der Waals surface area contributed by atoms with Crippen LogP contribution in [0.5, 0.6) is 0 Å². The number of piperazine rings is 1. The van der Waals surface area contributed by atoms with Crippen molar-refractivity contribution in [2.45, 2.75) is 38.4 Å². The summed E-state index contributed by atoms with van der Waals surface area (Å²) in [5, 5.41) is 7.28. The van der Waals surface area contributed by atoms with E-state index in [1.54, 1.807) is 41.7 Å². The predicted octanol–water partition coefficient (Wildman–Crippen LogP) is 5.88. The number of imidazole rings is 1. The largest absolute Gasteiger partial charge is 0.352 e. The number of carbonyl (C=O) groups is 2. The number of hydrogen-bond donors (Lipinski definition) is 2. The van der Waals surface area contributed by atoms with E-state index in [0.29, 0.717) is 48.5 Å². The van der Waals surface area contributed by atoms with Gasteiger partial charge in [0.05, 0.1) is 18.1 Å². The molecule has 2 aromatic heterocycles. The maximum atomic E-state index is 13.9. The maximum absolute atomic E-state index is 13.9. The van der Waals surface area contributed by atoms with Crippen molar-refractivity contribution >= 4 is 56.8 Å². The first kappa shape index (κ1) is 30.6. The van der Waals surface area contributed by atoms with Crippen LogP contribution in [0.15, 0.2) is 71.7 Å². The van der Waals surface area contributed by atoms with Crippen LogP contribution in [0, 0.1) is 6.92 Å². The standard InChI is InChI=1S/C32H32BrCl2N7O2/c1-20-16-36-19-41(20)11-10-37-31(43)28-18-40(12-13-42(28)32(44)39-26-7-4-24(34)5-8-26)30-27-9-6-25(35)15-21(27)2-3-22-14-23(33)17-38-29(22)30/h4-9,14-17,19,28,30H,2-3,10-13,18H2,1H3,(H,37,43)(H,39,44)/t28-,30?/m1/s1. The highest BCUT2D eigenvalue weighted by Gasteiger charge is 2.40. The van der Waals surface area contributed by atoms with Crippen LogP contribution in [0.2, 0.25) is 10.0 Å². The topological polar surface area (TPSA) is 95.4 Å². The van der Waals surface area contributed by atoms with Crippen molar-refractivity contribution in [3.8, 4) is 0 Å². The Balaban J connectivity index is 1.30. The summed E-state index contributed by atoms with van der Waals surface area (Å²) >= 11 is 16.1. The lowest BCUT2D eigenvalue weighted by Gasteiger charge is -2.43. The molecule has 228 valence electrons. The fourth-order valence-electron chi connectivity index (χ4n) is 6.05. The van der Waals surface area contributed by atoms with Gasteiger partial charge in [-0.3, -0.25) is 14.7 Å². The third-order valence-corrected chi connectivity index (χ3v) is 9.22. The zero-order valence-corrected chi connectivity index (χ0v) is 27.2. The van der Waals surface area contributed by atoms with Crippen LogP contribution in [0.1, 0.15) is 34.1 Å². The van der Waals surface area contributed by atoms with E-state index in [1.807, 2.05) is 29.8 Å². The molecule has 0 saturated carbocycles. The van der Waals surface area contributed by atoms with Gasteiger partial charge in [-0.25, -0.2) is 9.78 Å². The van der Waals surface area contributed by atoms with Gasteiger partial charge in [0, 0.05) is 71.0 Å². The highest BCUT2D eigenvalue weighted by atomic mass is 79.9. The zero-order chi connectivity index (χ0) is 30.8. The van der Waals surface area contributed by atoms with Gasteiger partial charge in [0.15, 0.2) is 0 Å². The molecule has 3 heterocycles. The maximum Gasteiger partial charge on any atom is 0.322 e. The average molecular weight is 697 g/mol. The minimum absolute atomic E-state index is 0.196. The number of pyridine rings is 1. The number of fused-ring (bicyclic) bond motifs is 2. The summed E-state index contributed by atoms with van der Waals surface area (Å²) in [5.41, 5.74) is 6.01. The molecule has 6 rings (SSSR count). The Bertz CT molecular complexity index is 1630. The third-order valence-electron chi connectivity index (χ3n) is 8.30. The summed E-state index contributed by atoms with van der Waals surface area (Å²) in [7, 11) is 0. The summed E-state index contributed by atoms with van der Waals surface area (Å²) in [5.74, 6) is -0.215. The second-order valence-corrected chi connectivity index (χ2v) is 12.9. The van der Waals surface area contributed by atoms with Crippen LogP contribution < -0.4 is 10.6 Å². The number of aryl methyl sites for hydroxylation is 3. The minimum atomic E-state index is -0.738. The number of urea groups is 1. The van der Waals surface area contributed by atoms with E-state index < -0.39 is 6.04 Å². The van der Waals surface area contributed by atoms with Gasteiger partial charge >= 0.3 is 6.03 Å². The number of rotatable bonds is 6. The van der Waals surface area contributed by atoms with Gasteiger partial charge in [-0.1, -0.05) is 29.3 Å². The molecule has 2 N–H and O–H groups in total. The molecule has 12 heteroatoms. The average Bonchev–Trinajstić information content (AvgIpc) is 3.35. The molecule has 1 saturated heterocycles. The third kappa shape index (κ3) is 6.63. The van der Waals surface area contributed by atoms with E-state index in [9.17, 15) is 9.59 Å². The molecule has 1 fully saturated rings. The monoisotopic (exact) mass is 695 g/mol. The van der Waals surface area contributed by atoms with E-state index in [4.69, 9.17) is 28.2 Å². The molecule has 44 heavy (non-hydrogen) atoms. The molecular formula is C32H32BrCl2N7O2. The van der Waals surface area contributed by atoms with Crippen molar-refractivity contribution in [1.29, 1.82) is 0 Å². The molecule has 3 amide bonds. The lowest BCUT2D eigenvalue weighted by Crippen LogP contribution is -2.62. The number of nitrogens with zero attached hydrogens (tertiary/aromatic N) is 5. The molecule has 2 aromatic carbocycles. The second-order valence-electron chi connectivity index (χ2n) is 11.1. The number of hydrogen-bond acceptors (Lipinski definition) is 5. The van der Waals surface area contributed by atoms with Gasteiger partial charge < -0.3 is 20.1 Å². The van der Waals surface area contributed by atoms with Gasteiger partial charge in [0.25, 0.3) is 0 Å². The molecule has 9 nitrogen and oxygen atoms in total. The Morgan fingerprint density at radius 3 is 2.55 bits per heavy atom. The SMILES string of the molecule is Cc1cncn1CCNC(=O)[C@H]1CN(C2c3ccc(Cl)cc3CCc3cc(Br)cnc32)CCN1C(=O)Nc1ccc(Cl)cc1. The van der Waals surface area contributed by atoms with E-state index in [2.05, 4.69) is 48.6 Å². The Kier molecular flexibility index (Phi) is 9.23. The van der Waals surface area contributed by atoms with E-state index >= 15 is 0 Å². The summed E-state index contributed by atoms with van der Waals surface area (Å²) < 4.78 is 2.90. The molecule has 1 aliphatic heterocycles. The second kappa shape index (κ2) is 13.3. The highest BCUT2D eigenvalue weighted by molar-refractivity contribution is 9.10. The quantitative estimate of drug-likeness (QED) is 0.263. The van der Waals surface area contributed by atoms with Gasteiger partial charge in [-0.05, 0) is 94.9 Å². The fourth-order valence-corrected chi connectivity index (χ4v) is 6.75. The van der Waals surface area contributed by atoms with E-state index in [0.717, 1.165) is 45.4 Å². The lowest BCUT2D eigenvalue weighted by molar-refractivity contribution is -0.127. The van der Waals surface area contributed by atoms with Gasteiger partial charge in [-0.15, -0.1) is 0 Å². The number of amides is 3. The number of carbonyl (C=O) groups excluding carboxylic acids is 2. The molecule has 0 spiro atoms. The van der Waals surface area contributed by atoms with Crippen molar-refractivity contribution < 1.29 is 9.59 Å². The van der Waals surface area contributed by atoms with E-state index in [1.165, 1.54) is 0 Å². The Morgan fingerprint density at radius 1 is 1.00 bits per heavy atom. The van der Waals surface area contributed by atoms with Crippen LogP contribution in [-0.4, -0.2) is 68.5 Å². The van der Waals surface area contributed by atoms with Crippen molar-refractivity contribution in [2.24, 2.45) is 0 Å².